The van der Waals surface area contributed by atoms with E-state index < -0.39 is 11.7 Å². The van der Waals surface area contributed by atoms with Gasteiger partial charge in [-0.3, -0.25) is 9.59 Å². The molecule has 2 aromatic carbocycles. The summed E-state index contributed by atoms with van der Waals surface area (Å²) in [5.41, 5.74) is 1.36. The third kappa shape index (κ3) is 5.52. The summed E-state index contributed by atoms with van der Waals surface area (Å²) in [6, 6.07) is 12.4. The fraction of sp³-hybridized carbons (Fsp3) is 0.364. The zero-order chi connectivity index (χ0) is 21.7. The summed E-state index contributed by atoms with van der Waals surface area (Å²) in [6.45, 7) is 3.92. The Morgan fingerprint density at radius 1 is 1.00 bits per heavy atom. The second-order valence-corrected chi connectivity index (χ2v) is 7.29. The number of piperazine rings is 1. The third-order valence-corrected chi connectivity index (χ3v) is 5.08. The second-order valence-electron chi connectivity index (χ2n) is 7.29. The molecular formula is C22H24F3N3O2. The molecule has 0 bridgehead atoms. The summed E-state index contributed by atoms with van der Waals surface area (Å²) in [5.74, 6) is -0.302. The summed E-state index contributed by atoms with van der Waals surface area (Å²) >= 11 is 0. The van der Waals surface area contributed by atoms with Crippen LogP contribution in [0, 0.1) is 6.92 Å². The average Bonchev–Trinajstić information content (AvgIpc) is 2.73. The van der Waals surface area contributed by atoms with Gasteiger partial charge in [0.1, 0.15) is 0 Å². The number of hydrogen-bond donors (Lipinski definition) is 1. The number of nitrogens with one attached hydrogen (secondary N) is 1. The molecule has 2 amide bonds. The van der Waals surface area contributed by atoms with Crippen LogP contribution in [0.3, 0.4) is 0 Å². The first kappa shape index (κ1) is 21.7. The van der Waals surface area contributed by atoms with Gasteiger partial charge in [-0.15, -0.1) is 0 Å². The molecule has 1 fully saturated rings. The minimum absolute atomic E-state index is 0.0803. The Balaban J connectivity index is 1.46. The molecule has 30 heavy (non-hydrogen) atoms. The van der Waals surface area contributed by atoms with Crippen molar-refractivity contribution in [3.05, 3.63) is 65.2 Å². The van der Waals surface area contributed by atoms with Crippen LogP contribution < -0.4 is 10.2 Å². The van der Waals surface area contributed by atoms with Crippen LogP contribution in [0.1, 0.15) is 27.9 Å². The Morgan fingerprint density at radius 2 is 1.70 bits per heavy atom. The molecular weight excluding hydrogens is 395 g/mol. The molecule has 160 valence electrons. The average molecular weight is 419 g/mol. The Morgan fingerprint density at radius 3 is 2.37 bits per heavy atom. The van der Waals surface area contributed by atoms with Crippen LogP contribution in [0.2, 0.25) is 0 Å². The van der Waals surface area contributed by atoms with Crippen molar-refractivity contribution < 1.29 is 22.8 Å². The van der Waals surface area contributed by atoms with Crippen LogP contribution in [0.5, 0.6) is 0 Å². The maximum absolute atomic E-state index is 12.9. The lowest BCUT2D eigenvalue weighted by Gasteiger charge is -2.36. The van der Waals surface area contributed by atoms with Crippen molar-refractivity contribution in [2.45, 2.75) is 19.5 Å². The van der Waals surface area contributed by atoms with Crippen molar-refractivity contribution in [3.8, 4) is 0 Å². The highest BCUT2D eigenvalue weighted by Gasteiger charge is 2.31. The number of benzene rings is 2. The molecule has 0 unspecified atom stereocenters. The molecule has 1 N–H and O–H groups in total. The monoisotopic (exact) mass is 419 g/mol. The Hall–Kier alpha value is -3.03. The molecule has 0 atom stereocenters. The number of nitrogens with zero attached hydrogens (tertiary/aromatic N) is 2. The minimum atomic E-state index is -4.38. The zero-order valence-corrected chi connectivity index (χ0v) is 16.7. The van der Waals surface area contributed by atoms with Crippen molar-refractivity contribution in [2.75, 3.05) is 37.6 Å². The predicted octanol–water partition coefficient (Wildman–Crippen LogP) is 3.48. The van der Waals surface area contributed by atoms with Crippen LogP contribution in [-0.2, 0) is 11.0 Å². The SMILES string of the molecule is Cc1cccc(C(=O)NCCC(=O)N2CCN(c3cccc(C(F)(F)F)c3)CC2)c1. The van der Waals surface area contributed by atoms with Gasteiger partial charge in [0.25, 0.3) is 5.91 Å². The molecule has 8 heteroatoms. The maximum Gasteiger partial charge on any atom is 0.416 e. The second kappa shape index (κ2) is 9.19. The van der Waals surface area contributed by atoms with Gasteiger partial charge in [-0.1, -0.05) is 23.8 Å². The maximum atomic E-state index is 12.9. The van der Waals surface area contributed by atoms with Gasteiger partial charge >= 0.3 is 6.18 Å². The van der Waals surface area contributed by atoms with Crippen molar-refractivity contribution >= 4 is 17.5 Å². The summed E-state index contributed by atoms with van der Waals surface area (Å²) in [6.07, 6.45) is -4.20. The number of carbonyl (C=O) groups is 2. The Kier molecular flexibility index (Phi) is 6.64. The van der Waals surface area contributed by atoms with Crippen molar-refractivity contribution in [3.63, 3.8) is 0 Å². The minimum Gasteiger partial charge on any atom is -0.368 e. The number of carbonyl (C=O) groups excluding carboxylic acids is 2. The molecule has 0 radical (unpaired) electrons. The molecule has 1 aliphatic heterocycles. The molecule has 2 aromatic rings. The highest BCUT2D eigenvalue weighted by Crippen LogP contribution is 2.31. The van der Waals surface area contributed by atoms with Gasteiger partial charge in [0, 0.05) is 50.4 Å². The first-order valence-corrected chi connectivity index (χ1v) is 9.79. The highest BCUT2D eigenvalue weighted by molar-refractivity contribution is 5.94. The molecule has 0 saturated carbocycles. The first-order chi connectivity index (χ1) is 14.2. The van der Waals surface area contributed by atoms with E-state index in [1.165, 1.54) is 6.07 Å². The summed E-state index contributed by atoms with van der Waals surface area (Å²) in [7, 11) is 0. The normalized spacial score (nSPS) is 14.5. The lowest BCUT2D eigenvalue weighted by atomic mass is 10.1. The van der Waals surface area contributed by atoms with Crippen molar-refractivity contribution in [2.24, 2.45) is 0 Å². The number of alkyl halides is 3. The van der Waals surface area contributed by atoms with E-state index in [1.54, 1.807) is 29.2 Å². The number of amides is 2. The van der Waals surface area contributed by atoms with Crippen LogP contribution >= 0.6 is 0 Å². The van der Waals surface area contributed by atoms with Crippen molar-refractivity contribution in [1.82, 2.24) is 10.2 Å². The first-order valence-electron chi connectivity index (χ1n) is 9.79. The molecule has 0 aliphatic carbocycles. The van der Waals surface area contributed by atoms with E-state index in [1.807, 2.05) is 17.9 Å². The molecule has 5 nitrogen and oxygen atoms in total. The van der Waals surface area contributed by atoms with Gasteiger partial charge in [-0.25, -0.2) is 0 Å². The largest absolute Gasteiger partial charge is 0.416 e. The zero-order valence-electron chi connectivity index (χ0n) is 16.7. The number of anilines is 1. The van der Waals surface area contributed by atoms with Crippen LogP contribution in [0.25, 0.3) is 0 Å². The van der Waals surface area contributed by atoms with E-state index in [2.05, 4.69) is 5.32 Å². The van der Waals surface area contributed by atoms with Gasteiger partial charge in [0.15, 0.2) is 0 Å². The molecule has 0 spiro atoms. The van der Waals surface area contributed by atoms with E-state index >= 15 is 0 Å². The Labute approximate surface area is 173 Å². The lowest BCUT2D eigenvalue weighted by Crippen LogP contribution is -2.49. The van der Waals surface area contributed by atoms with Gasteiger partial charge in [0.05, 0.1) is 5.56 Å². The summed E-state index contributed by atoms with van der Waals surface area (Å²) in [5, 5.41) is 2.75. The number of hydrogen-bond acceptors (Lipinski definition) is 3. The number of halogens is 3. The van der Waals surface area contributed by atoms with E-state index in [0.717, 1.165) is 17.7 Å². The van der Waals surface area contributed by atoms with E-state index in [-0.39, 0.29) is 24.8 Å². The smallest absolute Gasteiger partial charge is 0.368 e. The Bertz CT molecular complexity index is 906. The topological polar surface area (TPSA) is 52.7 Å². The van der Waals surface area contributed by atoms with E-state index in [9.17, 15) is 22.8 Å². The highest BCUT2D eigenvalue weighted by atomic mass is 19.4. The fourth-order valence-corrected chi connectivity index (χ4v) is 3.42. The number of aryl methyl sites for hydroxylation is 1. The number of rotatable bonds is 5. The summed E-state index contributed by atoms with van der Waals surface area (Å²) in [4.78, 5) is 28.1. The van der Waals surface area contributed by atoms with Gasteiger partial charge in [-0.05, 0) is 37.3 Å². The van der Waals surface area contributed by atoms with Gasteiger partial charge in [0.2, 0.25) is 5.91 Å². The standard InChI is InChI=1S/C22H24F3N3O2/c1-16-4-2-5-17(14-16)21(30)26-9-8-20(29)28-12-10-27(11-13-28)19-7-3-6-18(15-19)22(23,24)25/h2-7,14-15H,8-13H2,1H3,(H,26,30). The van der Waals surface area contributed by atoms with Gasteiger partial charge in [-0.2, -0.15) is 13.2 Å². The predicted molar refractivity (Wildman–Crippen MR) is 108 cm³/mol. The van der Waals surface area contributed by atoms with Crippen LogP contribution in [0.15, 0.2) is 48.5 Å². The summed E-state index contributed by atoms with van der Waals surface area (Å²) < 4.78 is 38.7. The molecule has 3 rings (SSSR count). The molecule has 1 saturated heterocycles. The molecule has 1 heterocycles. The molecule has 0 aromatic heterocycles. The van der Waals surface area contributed by atoms with E-state index in [0.29, 0.717) is 37.4 Å². The van der Waals surface area contributed by atoms with Crippen LogP contribution in [-0.4, -0.2) is 49.4 Å². The quantitative estimate of drug-likeness (QED) is 0.808. The van der Waals surface area contributed by atoms with Crippen LogP contribution in [0.4, 0.5) is 18.9 Å². The fourth-order valence-electron chi connectivity index (χ4n) is 3.42. The lowest BCUT2D eigenvalue weighted by molar-refractivity contribution is -0.137. The van der Waals surface area contributed by atoms with Gasteiger partial charge < -0.3 is 15.1 Å². The van der Waals surface area contributed by atoms with Crippen molar-refractivity contribution in [1.29, 1.82) is 0 Å². The van der Waals surface area contributed by atoms with E-state index in [4.69, 9.17) is 0 Å². The molecule has 1 aliphatic rings. The third-order valence-electron chi connectivity index (χ3n) is 5.08.